The third-order valence-electron chi connectivity index (χ3n) is 2.79. The lowest BCUT2D eigenvalue weighted by molar-refractivity contribution is -0.386. The van der Waals surface area contributed by atoms with E-state index in [9.17, 15) is 14.9 Å². The molecule has 21 heavy (non-hydrogen) atoms. The number of benzene rings is 1. The largest absolute Gasteiger partial charge is 0.478 e. The fraction of sp³-hybridized carbons (Fsp3) is 0.154. The van der Waals surface area contributed by atoms with Crippen LogP contribution in [0.15, 0.2) is 34.9 Å². The van der Waals surface area contributed by atoms with E-state index in [1.807, 2.05) is 5.43 Å². The van der Waals surface area contributed by atoms with Gasteiger partial charge in [-0.25, -0.2) is 5.84 Å². The summed E-state index contributed by atoms with van der Waals surface area (Å²) in [4.78, 5) is 21.7. The topological polar surface area (TPSA) is 121 Å². The number of rotatable bonds is 5. The quantitative estimate of drug-likeness (QED) is 0.374. The Labute approximate surface area is 119 Å². The molecule has 0 aliphatic rings. The van der Waals surface area contributed by atoms with Gasteiger partial charge in [0, 0.05) is 6.07 Å². The highest BCUT2D eigenvalue weighted by Crippen LogP contribution is 2.31. The van der Waals surface area contributed by atoms with Gasteiger partial charge in [0.2, 0.25) is 5.75 Å². The molecule has 0 fully saturated rings. The predicted molar refractivity (Wildman–Crippen MR) is 72.5 cm³/mol. The molecule has 110 valence electrons. The van der Waals surface area contributed by atoms with Crippen molar-refractivity contribution in [2.24, 2.45) is 5.84 Å². The first-order chi connectivity index (χ1) is 10.0. The van der Waals surface area contributed by atoms with Gasteiger partial charge in [-0.3, -0.25) is 20.3 Å². The summed E-state index contributed by atoms with van der Waals surface area (Å²) < 4.78 is 10.6. The maximum atomic E-state index is 11.3. The van der Waals surface area contributed by atoms with Crippen LogP contribution < -0.4 is 16.0 Å². The zero-order valence-corrected chi connectivity index (χ0v) is 11.2. The highest BCUT2D eigenvalue weighted by Gasteiger charge is 2.18. The predicted octanol–water partition coefficient (Wildman–Crippen LogP) is 1.68. The zero-order chi connectivity index (χ0) is 15.4. The molecular formula is C13H13N3O5. The third kappa shape index (κ3) is 3.18. The summed E-state index contributed by atoms with van der Waals surface area (Å²) in [5.41, 5.74) is 2.73. The van der Waals surface area contributed by atoms with E-state index in [4.69, 9.17) is 15.0 Å². The molecule has 3 N–H and O–H groups in total. The minimum Gasteiger partial charge on any atom is -0.478 e. The average Bonchev–Trinajstić information content (AvgIpc) is 2.93. The number of para-hydroxylation sites is 1. The number of carbonyl (C=O) groups is 1. The molecule has 0 bridgehead atoms. The normalized spacial score (nSPS) is 10.2. The number of nitrogens with zero attached hydrogens (tertiary/aromatic N) is 1. The lowest BCUT2D eigenvalue weighted by Gasteiger charge is -2.07. The monoisotopic (exact) mass is 291 g/mol. The summed E-state index contributed by atoms with van der Waals surface area (Å²) in [6.07, 6.45) is 1.23. The van der Waals surface area contributed by atoms with Crippen molar-refractivity contribution in [2.75, 3.05) is 0 Å². The van der Waals surface area contributed by atoms with Crippen molar-refractivity contribution in [2.45, 2.75) is 13.5 Å². The Morgan fingerprint density at radius 3 is 2.95 bits per heavy atom. The maximum absolute atomic E-state index is 11.3. The van der Waals surface area contributed by atoms with Crippen LogP contribution in [-0.4, -0.2) is 10.8 Å². The smallest absolute Gasteiger partial charge is 0.311 e. The summed E-state index contributed by atoms with van der Waals surface area (Å²) in [7, 11) is 0. The van der Waals surface area contributed by atoms with Crippen molar-refractivity contribution in [1.29, 1.82) is 0 Å². The fourth-order valence-corrected chi connectivity index (χ4v) is 1.77. The van der Waals surface area contributed by atoms with Crippen LogP contribution >= 0.6 is 0 Å². The molecule has 0 unspecified atom stereocenters. The SMILES string of the molecule is Cc1cccc([N+](=O)[O-])c1OCc1cc(C(=O)NN)co1. The molecule has 0 saturated carbocycles. The van der Waals surface area contributed by atoms with Gasteiger partial charge in [0.15, 0.2) is 0 Å². The summed E-state index contributed by atoms with van der Waals surface area (Å²) in [6, 6.07) is 6.10. The number of ether oxygens (including phenoxy) is 1. The molecule has 0 atom stereocenters. The van der Waals surface area contributed by atoms with E-state index in [1.165, 1.54) is 18.4 Å². The van der Waals surface area contributed by atoms with Crippen LogP contribution in [0.4, 0.5) is 5.69 Å². The van der Waals surface area contributed by atoms with Crippen molar-refractivity contribution >= 4 is 11.6 Å². The molecule has 8 heteroatoms. The van der Waals surface area contributed by atoms with E-state index in [-0.39, 0.29) is 23.6 Å². The van der Waals surface area contributed by atoms with E-state index in [0.717, 1.165) is 0 Å². The van der Waals surface area contributed by atoms with E-state index in [2.05, 4.69) is 0 Å². The van der Waals surface area contributed by atoms with Crippen LogP contribution in [0.5, 0.6) is 5.75 Å². The zero-order valence-electron chi connectivity index (χ0n) is 11.2. The van der Waals surface area contributed by atoms with Gasteiger partial charge in [0.05, 0.1) is 10.5 Å². The first kappa shape index (κ1) is 14.5. The second kappa shape index (κ2) is 6.06. The Morgan fingerprint density at radius 1 is 1.52 bits per heavy atom. The molecule has 0 radical (unpaired) electrons. The van der Waals surface area contributed by atoms with Crippen LogP contribution in [0.25, 0.3) is 0 Å². The highest BCUT2D eigenvalue weighted by atomic mass is 16.6. The van der Waals surface area contributed by atoms with E-state index in [1.54, 1.807) is 19.1 Å². The van der Waals surface area contributed by atoms with Crippen LogP contribution in [0.1, 0.15) is 21.7 Å². The standard InChI is InChI=1S/C13H13N3O5/c1-8-3-2-4-11(16(18)19)12(8)21-7-10-5-9(6-20-10)13(17)15-14/h2-6H,7,14H2,1H3,(H,15,17). The molecule has 1 amide bonds. The van der Waals surface area contributed by atoms with Gasteiger partial charge in [0.25, 0.3) is 5.91 Å². The Balaban J connectivity index is 2.15. The van der Waals surface area contributed by atoms with E-state index in [0.29, 0.717) is 11.3 Å². The van der Waals surface area contributed by atoms with Crippen LogP contribution in [-0.2, 0) is 6.61 Å². The van der Waals surface area contributed by atoms with Gasteiger partial charge in [0.1, 0.15) is 18.6 Å². The molecule has 0 aliphatic carbocycles. The molecular weight excluding hydrogens is 278 g/mol. The minimum absolute atomic E-state index is 0.0382. The molecule has 1 aromatic heterocycles. The van der Waals surface area contributed by atoms with Crippen LogP contribution in [0, 0.1) is 17.0 Å². The van der Waals surface area contributed by atoms with Crippen molar-refractivity contribution in [1.82, 2.24) is 5.43 Å². The van der Waals surface area contributed by atoms with Gasteiger partial charge in [-0.1, -0.05) is 12.1 Å². The van der Waals surface area contributed by atoms with Crippen molar-refractivity contribution in [3.63, 3.8) is 0 Å². The van der Waals surface area contributed by atoms with E-state index >= 15 is 0 Å². The average molecular weight is 291 g/mol. The van der Waals surface area contributed by atoms with Crippen molar-refractivity contribution in [3.8, 4) is 5.75 Å². The Kier molecular flexibility index (Phi) is 4.19. The minimum atomic E-state index is -0.516. The third-order valence-corrected chi connectivity index (χ3v) is 2.79. The van der Waals surface area contributed by atoms with Gasteiger partial charge < -0.3 is 9.15 Å². The summed E-state index contributed by atoms with van der Waals surface area (Å²) in [6.45, 7) is 1.67. The molecule has 0 aliphatic heterocycles. The summed E-state index contributed by atoms with van der Waals surface area (Å²) >= 11 is 0. The number of nitrogen functional groups attached to an aromatic ring is 1. The number of amides is 1. The first-order valence-corrected chi connectivity index (χ1v) is 5.98. The van der Waals surface area contributed by atoms with Gasteiger partial charge >= 0.3 is 5.69 Å². The van der Waals surface area contributed by atoms with Gasteiger partial charge in [-0.05, 0) is 18.6 Å². The van der Waals surface area contributed by atoms with Crippen molar-refractivity contribution in [3.05, 3.63) is 57.5 Å². The lowest BCUT2D eigenvalue weighted by atomic mass is 10.2. The Bertz CT molecular complexity index is 680. The first-order valence-electron chi connectivity index (χ1n) is 5.98. The van der Waals surface area contributed by atoms with Crippen molar-refractivity contribution < 1.29 is 18.9 Å². The summed E-state index contributed by atoms with van der Waals surface area (Å²) in [5.74, 6) is 5.03. The van der Waals surface area contributed by atoms with Gasteiger partial charge in [-0.15, -0.1) is 0 Å². The molecule has 1 aromatic carbocycles. The van der Waals surface area contributed by atoms with Crippen LogP contribution in [0.2, 0.25) is 0 Å². The highest BCUT2D eigenvalue weighted by molar-refractivity contribution is 5.93. The summed E-state index contributed by atoms with van der Waals surface area (Å²) in [5, 5.41) is 11.0. The second-order valence-electron chi connectivity index (χ2n) is 4.24. The molecule has 0 spiro atoms. The number of nitrogens with one attached hydrogen (secondary N) is 1. The number of aryl methyl sites for hydroxylation is 1. The number of nitro benzene ring substituents is 1. The number of hydrogen-bond acceptors (Lipinski definition) is 6. The number of nitrogens with two attached hydrogens (primary N) is 1. The number of nitro groups is 1. The van der Waals surface area contributed by atoms with Crippen LogP contribution in [0.3, 0.4) is 0 Å². The Hall–Kier alpha value is -2.87. The second-order valence-corrected chi connectivity index (χ2v) is 4.24. The fourth-order valence-electron chi connectivity index (χ4n) is 1.77. The molecule has 8 nitrogen and oxygen atoms in total. The number of carbonyl (C=O) groups excluding carboxylic acids is 1. The number of hydrazine groups is 1. The van der Waals surface area contributed by atoms with Gasteiger partial charge in [-0.2, -0.15) is 0 Å². The number of furan rings is 1. The molecule has 0 saturated heterocycles. The maximum Gasteiger partial charge on any atom is 0.311 e. The van der Waals surface area contributed by atoms with E-state index < -0.39 is 10.8 Å². The molecule has 2 aromatic rings. The number of hydrogen-bond donors (Lipinski definition) is 2. The lowest BCUT2D eigenvalue weighted by Crippen LogP contribution is -2.29. The molecule has 1 heterocycles. The Morgan fingerprint density at radius 2 is 2.29 bits per heavy atom. The molecule has 2 rings (SSSR count).